The largest absolute Gasteiger partial charge is 0.313 e. The molecule has 1 atom stereocenters. The predicted molar refractivity (Wildman–Crippen MR) is 80.6 cm³/mol. The van der Waals surface area contributed by atoms with Gasteiger partial charge >= 0.3 is 0 Å². The van der Waals surface area contributed by atoms with Gasteiger partial charge in [-0.15, -0.1) is 0 Å². The average Bonchev–Trinajstić information content (AvgIpc) is 2.35. The summed E-state index contributed by atoms with van der Waals surface area (Å²) >= 11 is 0. The second-order valence-corrected chi connectivity index (χ2v) is 5.42. The first-order valence-corrected chi connectivity index (χ1v) is 7.06. The molecule has 0 saturated carbocycles. The molecule has 1 N–H and O–H groups in total. The molecule has 1 rings (SSSR count). The van der Waals surface area contributed by atoms with Gasteiger partial charge < -0.3 is 5.32 Å². The van der Waals surface area contributed by atoms with Crippen LogP contribution >= 0.6 is 0 Å². The highest BCUT2D eigenvalue weighted by atomic mass is 14.8. The summed E-state index contributed by atoms with van der Waals surface area (Å²) in [6.07, 6.45) is 6.14. The molecule has 1 heteroatoms. The molecule has 1 aromatic rings. The first-order valence-electron chi connectivity index (χ1n) is 7.06. The molecule has 18 heavy (non-hydrogen) atoms. The Balaban J connectivity index is 2.05. The van der Waals surface area contributed by atoms with E-state index >= 15 is 0 Å². The van der Waals surface area contributed by atoms with Crippen LogP contribution < -0.4 is 5.32 Å². The van der Waals surface area contributed by atoms with Gasteiger partial charge in [0.05, 0.1) is 0 Å². The number of allylic oxidation sites excluding steroid dienone is 2. The Bertz CT molecular complexity index is 336. The van der Waals surface area contributed by atoms with E-state index in [1.807, 2.05) is 0 Å². The zero-order valence-electron chi connectivity index (χ0n) is 12.1. The Morgan fingerprint density at radius 1 is 1.17 bits per heavy atom. The van der Waals surface area contributed by atoms with Crippen LogP contribution in [0.15, 0.2) is 42.0 Å². The first-order chi connectivity index (χ1) is 8.68. The number of hydrogen-bond donors (Lipinski definition) is 1. The summed E-state index contributed by atoms with van der Waals surface area (Å²) in [5.74, 6) is 0.809. The molecule has 0 aliphatic heterocycles. The Morgan fingerprint density at radius 2 is 1.89 bits per heavy atom. The van der Waals surface area contributed by atoms with Crippen LogP contribution in [0.1, 0.15) is 45.6 Å². The lowest BCUT2D eigenvalue weighted by Gasteiger charge is -2.11. The van der Waals surface area contributed by atoms with E-state index in [0.717, 1.165) is 19.0 Å². The molecule has 100 valence electrons. The van der Waals surface area contributed by atoms with Crippen LogP contribution in [0.2, 0.25) is 0 Å². The topological polar surface area (TPSA) is 12.0 Å². The fourth-order valence-electron chi connectivity index (χ4n) is 1.98. The van der Waals surface area contributed by atoms with E-state index in [0.29, 0.717) is 0 Å². The maximum absolute atomic E-state index is 3.52. The number of rotatable bonds is 8. The highest BCUT2D eigenvalue weighted by molar-refractivity contribution is 5.14. The third kappa shape index (κ3) is 7.29. The van der Waals surface area contributed by atoms with E-state index in [9.17, 15) is 0 Å². The van der Waals surface area contributed by atoms with E-state index in [1.165, 1.54) is 30.4 Å². The van der Waals surface area contributed by atoms with Crippen LogP contribution in [0.5, 0.6) is 0 Å². The van der Waals surface area contributed by atoms with Crippen molar-refractivity contribution in [2.45, 2.75) is 46.6 Å². The fraction of sp³-hybridized carbons (Fsp3) is 0.529. The standard InChI is InChI=1S/C17H27N/c1-15(2)8-7-9-16(3)12-13-18-14-17-10-5-4-6-11-17/h4-6,8,10-11,16,18H,7,9,12-14H2,1-3H3. The van der Waals surface area contributed by atoms with Gasteiger partial charge in [-0.2, -0.15) is 0 Å². The second kappa shape index (κ2) is 8.93. The molecule has 0 spiro atoms. The third-order valence-corrected chi connectivity index (χ3v) is 3.20. The summed E-state index contributed by atoms with van der Waals surface area (Å²) in [6, 6.07) is 10.6. The zero-order chi connectivity index (χ0) is 13.2. The SMILES string of the molecule is CC(C)=CCCC(C)CCNCc1ccccc1. The molecule has 0 aromatic heterocycles. The van der Waals surface area contributed by atoms with Gasteiger partial charge in [0.1, 0.15) is 0 Å². The Kier molecular flexibility index (Phi) is 7.43. The van der Waals surface area contributed by atoms with Gasteiger partial charge in [-0.05, 0) is 51.1 Å². The van der Waals surface area contributed by atoms with Crippen LogP contribution in [-0.2, 0) is 6.54 Å². The van der Waals surface area contributed by atoms with Crippen molar-refractivity contribution in [2.75, 3.05) is 6.54 Å². The summed E-state index contributed by atoms with van der Waals surface area (Å²) in [5.41, 5.74) is 2.80. The van der Waals surface area contributed by atoms with Crippen molar-refractivity contribution >= 4 is 0 Å². The molecule has 0 fully saturated rings. The molecule has 1 unspecified atom stereocenters. The molecule has 0 aliphatic rings. The molecule has 1 aromatic carbocycles. The van der Waals surface area contributed by atoms with Crippen molar-refractivity contribution in [1.82, 2.24) is 5.32 Å². The molecule has 0 heterocycles. The van der Waals surface area contributed by atoms with Gasteiger partial charge in [-0.25, -0.2) is 0 Å². The molecule has 0 bridgehead atoms. The van der Waals surface area contributed by atoms with Crippen molar-refractivity contribution in [2.24, 2.45) is 5.92 Å². The second-order valence-electron chi connectivity index (χ2n) is 5.42. The Labute approximate surface area is 112 Å². The number of benzene rings is 1. The fourth-order valence-corrected chi connectivity index (χ4v) is 1.98. The minimum Gasteiger partial charge on any atom is -0.313 e. The lowest BCUT2D eigenvalue weighted by Crippen LogP contribution is -2.16. The van der Waals surface area contributed by atoms with Crippen LogP contribution in [0.3, 0.4) is 0 Å². The highest BCUT2D eigenvalue weighted by Crippen LogP contribution is 2.11. The lowest BCUT2D eigenvalue weighted by atomic mass is 10.0. The molecule has 0 amide bonds. The van der Waals surface area contributed by atoms with E-state index in [2.05, 4.69) is 62.5 Å². The molecular weight excluding hydrogens is 218 g/mol. The van der Waals surface area contributed by atoms with E-state index in [1.54, 1.807) is 0 Å². The van der Waals surface area contributed by atoms with Crippen molar-refractivity contribution in [3.63, 3.8) is 0 Å². The van der Waals surface area contributed by atoms with Crippen molar-refractivity contribution in [1.29, 1.82) is 0 Å². The van der Waals surface area contributed by atoms with Gasteiger partial charge in [0.15, 0.2) is 0 Å². The maximum Gasteiger partial charge on any atom is 0.0205 e. The summed E-state index contributed by atoms with van der Waals surface area (Å²) < 4.78 is 0. The maximum atomic E-state index is 3.52. The van der Waals surface area contributed by atoms with E-state index in [-0.39, 0.29) is 0 Å². The third-order valence-electron chi connectivity index (χ3n) is 3.20. The van der Waals surface area contributed by atoms with Gasteiger partial charge in [0.25, 0.3) is 0 Å². The monoisotopic (exact) mass is 245 g/mol. The predicted octanol–water partition coefficient (Wildman–Crippen LogP) is 4.55. The van der Waals surface area contributed by atoms with E-state index < -0.39 is 0 Å². The lowest BCUT2D eigenvalue weighted by molar-refractivity contribution is 0.473. The van der Waals surface area contributed by atoms with E-state index in [4.69, 9.17) is 0 Å². The molecule has 0 radical (unpaired) electrons. The summed E-state index contributed by atoms with van der Waals surface area (Å²) in [7, 11) is 0. The molecule has 1 nitrogen and oxygen atoms in total. The zero-order valence-corrected chi connectivity index (χ0v) is 12.1. The quantitative estimate of drug-likeness (QED) is 0.523. The first kappa shape index (κ1) is 15.0. The van der Waals surface area contributed by atoms with Crippen LogP contribution in [0.4, 0.5) is 0 Å². The molecule has 0 aliphatic carbocycles. The van der Waals surface area contributed by atoms with Crippen LogP contribution in [-0.4, -0.2) is 6.54 Å². The molecule has 0 saturated heterocycles. The van der Waals surface area contributed by atoms with Crippen molar-refractivity contribution in [3.05, 3.63) is 47.5 Å². The van der Waals surface area contributed by atoms with Gasteiger partial charge in [-0.1, -0.05) is 48.9 Å². The smallest absolute Gasteiger partial charge is 0.0205 e. The molecular formula is C17H27N. The van der Waals surface area contributed by atoms with Gasteiger partial charge in [-0.3, -0.25) is 0 Å². The van der Waals surface area contributed by atoms with Crippen LogP contribution in [0, 0.1) is 5.92 Å². The average molecular weight is 245 g/mol. The highest BCUT2D eigenvalue weighted by Gasteiger charge is 2.00. The normalized spacial score (nSPS) is 12.2. The summed E-state index contributed by atoms with van der Waals surface area (Å²) in [5, 5.41) is 3.52. The summed E-state index contributed by atoms with van der Waals surface area (Å²) in [6.45, 7) is 8.80. The number of hydrogen-bond acceptors (Lipinski definition) is 1. The van der Waals surface area contributed by atoms with Crippen molar-refractivity contribution < 1.29 is 0 Å². The Morgan fingerprint density at radius 3 is 2.56 bits per heavy atom. The van der Waals surface area contributed by atoms with Gasteiger partial charge in [0, 0.05) is 6.54 Å². The Hall–Kier alpha value is -1.08. The minimum absolute atomic E-state index is 0.809. The summed E-state index contributed by atoms with van der Waals surface area (Å²) in [4.78, 5) is 0. The van der Waals surface area contributed by atoms with Crippen LogP contribution in [0.25, 0.3) is 0 Å². The number of nitrogens with one attached hydrogen (secondary N) is 1. The van der Waals surface area contributed by atoms with Gasteiger partial charge in [0.2, 0.25) is 0 Å². The van der Waals surface area contributed by atoms with Crippen molar-refractivity contribution in [3.8, 4) is 0 Å². The minimum atomic E-state index is 0.809.